The Hall–Kier alpha value is -1.67. The van der Waals surface area contributed by atoms with Gasteiger partial charge in [0.1, 0.15) is 5.60 Å². The molecule has 1 saturated heterocycles. The maximum Gasteiger partial charge on any atom is 0.407 e. The van der Waals surface area contributed by atoms with Gasteiger partial charge in [0, 0.05) is 17.7 Å². The maximum absolute atomic E-state index is 12.5. The largest absolute Gasteiger partial charge is 0.444 e. The Morgan fingerprint density at radius 3 is 2.14 bits per heavy atom. The number of ether oxygens (including phenoxy) is 1. The summed E-state index contributed by atoms with van der Waals surface area (Å²) in [4.78, 5) is 36.9. The second-order valence-electron chi connectivity index (χ2n) is 9.70. The molecular weight excluding hydrogens is 376 g/mol. The van der Waals surface area contributed by atoms with Crippen LogP contribution in [0.4, 0.5) is 4.79 Å². The number of hydrogen-bond donors (Lipinski definition) is 2. The molecule has 7 nitrogen and oxygen atoms in total. The van der Waals surface area contributed by atoms with E-state index < -0.39 is 26.1 Å². The maximum atomic E-state index is 12.5. The minimum Gasteiger partial charge on any atom is -0.444 e. The van der Waals surface area contributed by atoms with Gasteiger partial charge in [-0.2, -0.15) is 0 Å². The molecule has 2 N–H and O–H groups in total. The summed E-state index contributed by atoms with van der Waals surface area (Å²) >= 11 is 0. The van der Waals surface area contributed by atoms with Crippen LogP contribution in [0.25, 0.3) is 0 Å². The lowest BCUT2D eigenvalue weighted by Gasteiger charge is -2.40. The van der Waals surface area contributed by atoms with Crippen molar-refractivity contribution in [1.82, 2.24) is 10.6 Å². The quantitative estimate of drug-likeness (QED) is 0.516. The van der Waals surface area contributed by atoms with E-state index in [0.717, 1.165) is 0 Å². The summed E-state index contributed by atoms with van der Waals surface area (Å²) < 4.78 is 11.8. The van der Waals surface area contributed by atoms with Gasteiger partial charge < -0.3 is 19.8 Å². The molecule has 0 aliphatic carbocycles. The number of alkyl carbamates (subject to hydrolysis) is 1. The second kappa shape index (κ2) is 8.78. The Morgan fingerprint density at radius 2 is 1.75 bits per heavy atom. The van der Waals surface area contributed by atoms with Crippen LogP contribution >= 0.6 is 0 Å². The van der Waals surface area contributed by atoms with Crippen molar-refractivity contribution in [2.75, 3.05) is 13.1 Å². The number of ketones is 1. The number of carbonyl (C=O) groups excluding carboxylic acids is 3. The van der Waals surface area contributed by atoms with Crippen LogP contribution in [0.1, 0.15) is 54.9 Å². The van der Waals surface area contributed by atoms with Crippen molar-refractivity contribution < 1.29 is 23.5 Å². The molecule has 0 radical (unpaired) electrons. The Kier molecular flexibility index (Phi) is 7.64. The van der Waals surface area contributed by atoms with Crippen LogP contribution in [0.3, 0.4) is 0 Å². The number of carbonyl (C=O) groups is 3. The van der Waals surface area contributed by atoms with E-state index in [-0.39, 0.29) is 23.3 Å². The molecule has 0 aromatic heterocycles. The molecule has 1 aliphatic rings. The van der Waals surface area contributed by atoms with Gasteiger partial charge in [-0.25, -0.2) is 4.79 Å². The van der Waals surface area contributed by atoms with Gasteiger partial charge in [0.2, 0.25) is 5.91 Å². The number of rotatable bonds is 6. The van der Waals surface area contributed by atoms with Crippen molar-refractivity contribution in [1.29, 1.82) is 0 Å². The minimum atomic E-state index is -2.28. The third kappa shape index (κ3) is 6.74. The normalized spacial score (nSPS) is 18.4. The molecule has 0 saturated carbocycles. The zero-order valence-electron chi connectivity index (χ0n) is 18.7. The van der Waals surface area contributed by atoms with Crippen LogP contribution < -0.4 is 10.6 Å². The van der Waals surface area contributed by atoms with E-state index in [1.54, 1.807) is 20.8 Å². The molecule has 1 fully saturated rings. The summed E-state index contributed by atoms with van der Waals surface area (Å²) in [6.07, 6.45) is -0.817. The van der Waals surface area contributed by atoms with Gasteiger partial charge in [-0.05, 0) is 52.2 Å². The highest BCUT2D eigenvalue weighted by Gasteiger charge is 2.41. The Balaban J connectivity index is 3.21. The zero-order valence-corrected chi connectivity index (χ0v) is 19.7. The fourth-order valence-corrected chi connectivity index (χ4v) is 3.90. The van der Waals surface area contributed by atoms with E-state index in [1.807, 2.05) is 0 Å². The molecule has 1 atom stereocenters. The van der Waals surface area contributed by atoms with Gasteiger partial charge >= 0.3 is 6.09 Å². The van der Waals surface area contributed by atoms with E-state index in [4.69, 9.17) is 9.16 Å². The molecule has 28 heavy (non-hydrogen) atoms. The lowest BCUT2D eigenvalue weighted by atomic mass is 9.98. The Morgan fingerprint density at radius 1 is 1.18 bits per heavy atom. The topological polar surface area (TPSA) is 93.7 Å². The van der Waals surface area contributed by atoms with Crippen LogP contribution in [0, 0.1) is 0 Å². The van der Waals surface area contributed by atoms with E-state index >= 15 is 0 Å². The van der Waals surface area contributed by atoms with E-state index in [9.17, 15) is 14.4 Å². The third-order valence-electron chi connectivity index (χ3n) is 5.03. The molecule has 0 aromatic rings. The first-order valence-corrected chi connectivity index (χ1v) is 12.6. The fraction of sp³-hybridized carbons (Fsp3) is 0.750. The smallest absolute Gasteiger partial charge is 0.407 e. The van der Waals surface area contributed by atoms with Crippen LogP contribution in [0.15, 0.2) is 11.1 Å². The standard InChI is InChI=1S/C20H36N2O5Si/c1-13(23)16(14-10-11-21-17(14)24)15(27-28(8,9)20(5,6)7)12-22-18(25)26-19(2,3)4/h15H,10-12H2,1-9H3,(H,21,24)(H,22,25). The first-order valence-electron chi connectivity index (χ1n) is 9.72. The van der Waals surface area contributed by atoms with Crippen molar-refractivity contribution >= 4 is 26.1 Å². The van der Waals surface area contributed by atoms with Crippen molar-refractivity contribution in [3.8, 4) is 0 Å². The van der Waals surface area contributed by atoms with E-state index in [0.29, 0.717) is 24.1 Å². The molecule has 160 valence electrons. The molecule has 0 bridgehead atoms. The minimum absolute atomic E-state index is 0.0626. The molecule has 1 unspecified atom stereocenters. The van der Waals surface area contributed by atoms with Gasteiger partial charge in [-0.1, -0.05) is 20.8 Å². The van der Waals surface area contributed by atoms with Gasteiger partial charge in [0.15, 0.2) is 14.1 Å². The second-order valence-corrected chi connectivity index (χ2v) is 14.5. The highest BCUT2D eigenvalue weighted by atomic mass is 28.4. The van der Waals surface area contributed by atoms with Gasteiger partial charge in [-0.3, -0.25) is 9.59 Å². The van der Waals surface area contributed by atoms with Crippen molar-refractivity contribution in [3.63, 3.8) is 0 Å². The summed E-state index contributed by atoms with van der Waals surface area (Å²) in [5.41, 5.74) is 0.158. The molecule has 1 aliphatic heterocycles. The summed E-state index contributed by atoms with van der Waals surface area (Å²) in [5.74, 6) is -0.465. The molecule has 1 heterocycles. The van der Waals surface area contributed by atoms with Gasteiger partial charge in [-0.15, -0.1) is 0 Å². The van der Waals surface area contributed by atoms with Crippen molar-refractivity contribution in [3.05, 3.63) is 11.1 Å². The lowest BCUT2D eigenvalue weighted by Crippen LogP contribution is -2.49. The lowest BCUT2D eigenvalue weighted by molar-refractivity contribution is -0.118. The molecule has 8 heteroatoms. The highest BCUT2D eigenvalue weighted by molar-refractivity contribution is 6.74. The molecule has 0 aromatic carbocycles. The van der Waals surface area contributed by atoms with Crippen LogP contribution in [0.5, 0.6) is 0 Å². The number of Topliss-reactive ketones (excluding diaryl/α,β-unsaturated/α-hetero) is 1. The molecule has 2 amide bonds. The summed E-state index contributed by atoms with van der Waals surface area (Å²) in [6.45, 7) is 17.8. The number of amides is 2. The van der Waals surface area contributed by atoms with Crippen LogP contribution in [-0.4, -0.2) is 50.9 Å². The van der Waals surface area contributed by atoms with E-state index in [2.05, 4.69) is 44.5 Å². The van der Waals surface area contributed by atoms with Crippen LogP contribution in [-0.2, 0) is 18.8 Å². The summed E-state index contributed by atoms with van der Waals surface area (Å²) in [5, 5.41) is 5.35. The van der Waals surface area contributed by atoms with Crippen molar-refractivity contribution in [2.45, 2.75) is 84.7 Å². The highest BCUT2D eigenvalue weighted by Crippen LogP contribution is 2.38. The van der Waals surface area contributed by atoms with Gasteiger partial charge in [0.25, 0.3) is 0 Å². The monoisotopic (exact) mass is 412 g/mol. The van der Waals surface area contributed by atoms with E-state index in [1.165, 1.54) is 6.92 Å². The zero-order chi connectivity index (χ0) is 21.9. The van der Waals surface area contributed by atoms with Crippen molar-refractivity contribution in [2.24, 2.45) is 0 Å². The third-order valence-corrected chi connectivity index (χ3v) is 9.52. The summed E-state index contributed by atoms with van der Waals surface area (Å²) in [6, 6.07) is 0. The Bertz CT molecular complexity index is 656. The average molecular weight is 413 g/mol. The first kappa shape index (κ1) is 24.4. The molecule has 0 spiro atoms. The first-order chi connectivity index (χ1) is 12.5. The predicted molar refractivity (Wildman–Crippen MR) is 112 cm³/mol. The van der Waals surface area contributed by atoms with Crippen LogP contribution in [0.2, 0.25) is 18.1 Å². The van der Waals surface area contributed by atoms with Gasteiger partial charge in [0.05, 0.1) is 12.6 Å². The predicted octanol–water partition coefficient (Wildman–Crippen LogP) is 3.31. The fourth-order valence-electron chi connectivity index (χ4n) is 2.64. The Labute approximate surface area is 169 Å². The molecular formula is C20H36N2O5Si. The average Bonchev–Trinajstić information content (AvgIpc) is 2.87. The SMILES string of the molecule is CC(=O)C(=C1CCNC1=O)C(CNC(=O)OC(C)(C)C)O[Si](C)(C)C(C)(C)C. The summed E-state index contributed by atoms with van der Waals surface area (Å²) in [7, 11) is -2.28. The molecule has 1 rings (SSSR count). The number of hydrogen-bond acceptors (Lipinski definition) is 5. The number of nitrogens with one attached hydrogen (secondary N) is 2.